The second-order valence-electron chi connectivity index (χ2n) is 4.13. The minimum absolute atomic E-state index is 0.105. The van der Waals surface area contributed by atoms with Crippen molar-refractivity contribution in [3.05, 3.63) is 33.8 Å². The molecule has 102 valence electrons. The molecule has 0 radical (unpaired) electrons. The lowest BCUT2D eigenvalue weighted by atomic mass is 9.98. The first-order valence-electron chi connectivity index (χ1n) is 5.58. The monoisotopic (exact) mass is 323 g/mol. The zero-order valence-corrected chi connectivity index (χ0v) is 11.6. The van der Waals surface area contributed by atoms with E-state index in [0.29, 0.717) is 6.42 Å². The van der Waals surface area contributed by atoms with E-state index in [4.69, 9.17) is 0 Å². The third-order valence-corrected chi connectivity index (χ3v) is 3.67. The molecule has 0 aliphatic carbocycles. The van der Waals surface area contributed by atoms with Crippen molar-refractivity contribution in [3.63, 3.8) is 0 Å². The molecule has 3 nitrogen and oxygen atoms in total. The van der Waals surface area contributed by atoms with Gasteiger partial charge >= 0.3 is 0 Å². The lowest BCUT2D eigenvalue weighted by Crippen LogP contribution is -2.51. The van der Waals surface area contributed by atoms with Crippen LogP contribution in [0.4, 0.5) is 8.78 Å². The number of rotatable bonds is 6. The van der Waals surface area contributed by atoms with Crippen LogP contribution in [0.1, 0.15) is 18.9 Å². The second-order valence-corrected chi connectivity index (χ2v) is 4.98. The summed E-state index contributed by atoms with van der Waals surface area (Å²) in [7, 11) is 0. The van der Waals surface area contributed by atoms with Gasteiger partial charge in [-0.2, -0.15) is 0 Å². The average Bonchev–Trinajstić information content (AvgIpc) is 2.39. The standard InChI is InChI=1S/C12H16BrF2NO2/c1-2-12(6-17,7-18)16-5-8-10(14)4-3-9(13)11(8)15/h3-4,16-18H,2,5-7H2,1H3. The third-order valence-electron chi connectivity index (χ3n) is 3.06. The van der Waals surface area contributed by atoms with Crippen LogP contribution in [0.2, 0.25) is 0 Å². The van der Waals surface area contributed by atoms with E-state index < -0.39 is 17.2 Å². The van der Waals surface area contributed by atoms with E-state index >= 15 is 0 Å². The number of benzene rings is 1. The van der Waals surface area contributed by atoms with Gasteiger partial charge < -0.3 is 15.5 Å². The van der Waals surface area contributed by atoms with Gasteiger partial charge in [-0.15, -0.1) is 0 Å². The minimum atomic E-state index is -0.929. The predicted molar refractivity (Wildman–Crippen MR) is 68.1 cm³/mol. The number of halogens is 3. The van der Waals surface area contributed by atoms with Crippen LogP contribution in [0.3, 0.4) is 0 Å². The first kappa shape index (κ1) is 15.5. The van der Waals surface area contributed by atoms with E-state index in [9.17, 15) is 19.0 Å². The molecule has 0 bridgehead atoms. The number of hydrogen-bond acceptors (Lipinski definition) is 3. The lowest BCUT2D eigenvalue weighted by Gasteiger charge is -2.30. The van der Waals surface area contributed by atoms with Crippen LogP contribution in [0.25, 0.3) is 0 Å². The zero-order chi connectivity index (χ0) is 13.8. The number of aliphatic hydroxyl groups is 2. The van der Waals surface area contributed by atoms with Crippen molar-refractivity contribution < 1.29 is 19.0 Å². The van der Waals surface area contributed by atoms with Crippen LogP contribution < -0.4 is 5.32 Å². The highest BCUT2D eigenvalue weighted by atomic mass is 79.9. The van der Waals surface area contributed by atoms with Gasteiger partial charge in [0.25, 0.3) is 0 Å². The van der Waals surface area contributed by atoms with Crippen molar-refractivity contribution in [1.29, 1.82) is 0 Å². The quantitative estimate of drug-likeness (QED) is 0.701. The van der Waals surface area contributed by atoms with Crippen LogP contribution in [-0.2, 0) is 6.54 Å². The summed E-state index contributed by atoms with van der Waals surface area (Å²) in [6.45, 7) is 1.05. The fraction of sp³-hybridized carbons (Fsp3) is 0.500. The fourth-order valence-electron chi connectivity index (χ4n) is 1.52. The Kier molecular flexibility index (Phi) is 5.65. The molecular weight excluding hydrogens is 308 g/mol. The second kappa shape index (κ2) is 6.56. The topological polar surface area (TPSA) is 52.5 Å². The van der Waals surface area contributed by atoms with Gasteiger partial charge in [0.15, 0.2) is 0 Å². The molecule has 0 saturated carbocycles. The molecule has 0 heterocycles. The van der Waals surface area contributed by atoms with Gasteiger partial charge in [0.2, 0.25) is 0 Å². The molecule has 1 aromatic carbocycles. The van der Waals surface area contributed by atoms with Crippen molar-refractivity contribution >= 4 is 15.9 Å². The molecule has 1 aromatic rings. The lowest BCUT2D eigenvalue weighted by molar-refractivity contribution is 0.0858. The molecule has 0 atom stereocenters. The van der Waals surface area contributed by atoms with E-state index in [2.05, 4.69) is 21.2 Å². The van der Waals surface area contributed by atoms with Crippen molar-refractivity contribution in [2.75, 3.05) is 13.2 Å². The van der Waals surface area contributed by atoms with Crippen molar-refractivity contribution in [2.24, 2.45) is 0 Å². The van der Waals surface area contributed by atoms with Gasteiger partial charge in [0, 0.05) is 12.1 Å². The first-order valence-corrected chi connectivity index (χ1v) is 6.38. The number of hydrogen-bond donors (Lipinski definition) is 3. The molecule has 3 N–H and O–H groups in total. The van der Waals surface area contributed by atoms with Crippen LogP contribution in [0.5, 0.6) is 0 Å². The van der Waals surface area contributed by atoms with Crippen molar-refractivity contribution in [2.45, 2.75) is 25.4 Å². The Morgan fingerprint density at radius 3 is 2.39 bits per heavy atom. The van der Waals surface area contributed by atoms with Crippen molar-refractivity contribution in [3.8, 4) is 0 Å². The molecule has 0 aliphatic rings. The number of aliphatic hydroxyl groups excluding tert-OH is 2. The molecule has 0 spiro atoms. The summed E-state index contributed by atoms with van der Waals surface area (Å²) in [6, 6.07) is 2.45. The van der Waals surface area contributed by atoms with Gasteiger partial charge in [0.1, 0.15) is 11.6 Å². The molecule has 0 unspecified atom stereocenters. The van der Waals surface area contributed by atoms with Gasteiger partial charge in [-0.25, -0.2) is 8.78 Å². The molecule has 0 aromatic heterocycles. The van der Waals surface area contributed by atoms with Crippen molar-refractivity contribution in [1.82, 2.24) is 5.32 Å². The highest BCUT2D eigenvalue weighted by Gasteiger charge is 2.26. The Morgan fingerprint density at radius 1 is 1.28 bits per heavy atom. The van der Waals surface area contributed by atoms with Crippen LogP contribution in [0.15, 0.2) is 16.6 Å². The van der Waals surface area contributed by atoms with E-state index in [1.54, 1.807) is 6.92 Å². The maximum Gasteiger partial charge on any atom is 0.144 e. The molecule has 0 amide bonds. The SMILES string of the molecule is CCC(CO)(CO)NCc1c(F)ccc(Br)c1F. The molecular formula is C12H16BrF2NO2. The van der Waals surface area contributed by atoms with E-state index in [1.165, 1.54) is 6.07 Å². The molecule has 1 rings (SSSR count). The van der Waals surface area contributed by atoms with Crippen LogP contribution >= 0.6 is 15.9 Å². The Bertz CT molecular complexity index is 403. The van der Waals surface area contributed by atoms with Gasteiger partial charge in [0.05, 0.1) is 23.2 Å². The zero-order valence-electron chi connectivity index (χ0n) is 10.0. The summed E-state index contributed by atoms with van der Waals surface area (Å²) in [5, 5.41) is 21.3. The summed E-state index contributed by atoms with van der Waals surface area (Å²) < 4.78 is 27.4. The Labute approximate surface area is 113 Å². The molecule has 6 heteroatoms. The minimum Gasteiger partial charge on any atom is -0.394 e. The fourth-order valence-corrected chi connectivity index (χ4v) is 1.89. The summed E-state index contributed by atoms with van der Waals surface area (Å²) >= 11 is 2.98. The van der Waals surface area contributed by atoms with Gasteiger partial charge in [-0.05, 0) is 34.5 Å². The number of nitrogens with one attached hydrogen (secondary N) is 1. The molecule has 18 heavy (non-hydrogen) atoms. The van der Waals surface area contributed by atoms with Gasteiger partial charge in [-0.3, -0.25) is 0 Å². The maximum absolute atomic E-state index is 13.7. The average molecular weight is 324 g/mol. The van der Waals surface area contributed by atoms with Crippen LogP contribution in [-0.4, -0.2) is 29.0 Å². The van der Waals surface area contributed by atoms with Crippen LogP contribution in [0, 0.1) is 11.6 Å². The third kappa shape index (κ3) is 3.26. The normalized spacial score (nSPS) is 11.9. The van der Waals surface area contributed by atoms with E-state index in [-0.39, 0.29) is 29.8 Å². The Hall–Kier alpha value is -0.560. The summed E-state index contributed by atoms with van der Waals surface area (Å²) in [4.78, 5) is 0. The summed E-state index contributed by atoms with van der Waals surface area (Å²) in [5.74, 6) is -1.34. The highest BCUT2D eigenvalue weighted by Crippen LogP contribution is 2.22. The summed E-state index contributed by atoms with van der Waals surface area (Å²) in [6.07, 6.45) is 0.442. The van der Waals surface area contributed by atoms with E-state index in [1.807, 2.05) is 0 Å². The first-order chi connectivity index (χ1) is 8.49. The predicted octanol–water partition coefficient (Wildman–Crippen LogP) is 1.95. The smallest absolute Gasteiger partial charge is 0.144 e. The highest BCUT2D eigenvalue weighted by molar-refractivity contribution is 9.10. The molecule has 0 fully saturated rings. The molecule has 0 saturated heterocycles. The largest absolute Gasteiger partial charge is 0.394 e. The molecule has 0 aliphatic heterocycles. The van der Waals surface area contributed by atoms with E-state index in [0.717, 1.165) is 6.07 Å². The Morgan fingerprint density at radius 2 is 1.89 bits per heavy atom. The maximum atomic E-state index is 13.7. The summed E-state index contributed by atoms with van der Waals surface area (Å²) in [5.41, 5.74) is -1.05. The Balaban J connectivity index is 2.89. The van der Waals surface area contributed by atoms with Gasteiger partial charge in [-0.1, -0.05) is 6.92 Å².